The van der Waals surface area contributed by atoms with Crippen LogP contribution in [0.4, 0.5) is 0 Å². The van der Waals surface area contributed by atoms with Crippen molar-refractivity contribution in [3.63, 3.8) is 0 Å². The van der Waals surface area contributed by atoms with Crippen LogP contribution in [-0.2, 0) is 27.1 Å². The standard InChI is InChI=1S/C62H61BN2S2/c1-58(2,3)32-16-18-47-37(20-32)41-22-34(60(7,8)9)24-43-39-28-45-51(30-49(39)64(47)56(41)43)66-53-26-36(62(13,14)15)27-54-55(53)63(45)46-29-40-44-25-35(61(10,11)12)23-42-38-21-33(59(4,5)6)17-19-48(38)65(57(42)44)50(40)31-52(46)67-54/h16-31H,1-15H3. The summed E-state index contributed by atoms with van der Waals surface area (Å²) in [6.07, 6.45) is 0. The first-order valence-electron chi connectivity index (χ1n) is 24.5. The summed E-state index contributed by atoms with van der Waals surface area (Å²) < 4.78 is 5.21. The maximum atomic E-state index is 2.63. The van der Waals surface area contributed by atoms with Crippen molar-refractivity contribution in [3.8, 4) is 0 Å². The SMILES string of the molecule is CC(C)(C)c1cc2c3c(c1)Sc1cc4c(cc1B3c1cc3c5cc(C(C)(C)C)cc6c7cc(C(C)(C)C)ccc7n(c3cc1S2)c65)c1cc(C(C)(C)C)cc2c3cc(C(C)(C)C)ccc3n4c21. The molecule has 0 amide bonds. The van der Waals surface area contributed by atoms with E-state index in [1.807, 2.05) is 23.5 Å². The van der Waals surface area contributed by atoms with Gasteiger partial charge in [-0.15, -0.1) is 0 Å². The lowest BCUT2D eigenvalue weighted by Gasteiger charge is -2.35. The monoisotopic (exact) mass is 908 g/mol. The van der Waals surface area contributed by atoms with Crippen molar-refractivity contribution < 1.29 is 0 Å². The van der Waals surface area contributed by atoms with Crippen molar-refractivity contribution in [1.29, 1.82) is 0 Å². The van der Waals surface area contributed by atoms with Crippen LogP contribution < -0.4 is 16.4 Å². The second-order valence-corrected chi connectivity index (χ2v) is 27.7. The van der Waals surface area contributed by atoms with E-state index in [1.54, 1.807) is 0 Å². The normalized spacial score (nSPS) is 14.9. The Hall–Kier alpha value is -5.10. The minimum absolute atomic E-state index is 0.000938. The summed E-state index contributed by atoms with van der Waals surface area (Å²) in [6, 6.07) is 40.0. The van der Waals surface area contributed by atoms with Crippen LogP contribution in [-0.4, -0.2) is 15.5 Å². The summed E-state index contributed by atoms with van der Waals surface area (Å²) in [4.78, 5) is 5.57. The van der Waals surface area contributed by atoms with Gasteiger partial charge >= 0.3 is 0 Å². The molecule has 11 aromatic rings. The van der Waals surface area contributed by atoms with Gasteiger partial charge < -0.3 is 8.80 Å². The quantitative estimate of drug-likeness (QED) is 0.140. The summed E-state index contributed by atoms with van der Waals surface area (Å²) in [5, 5.41) is 10.9. The number of rotatable bonds is 0. The fourth-order valence-corrected chi connectivity index (χ4v) is 14.3. The van der Waals surface area contributed by atoms with Gasteiger partial charge in [0.1, 0.15) is 0 Å². The van der Waals surface area contributed by atoms with Gasteiger partial charge in [-0.25, -0.2) is 0 Å². The molecule has 0 unspecified atom stereocenters. The molecule has 334 valence electrons. The minimum atomic E-state index is 0.000938. The predicted octanol–water partition coefficient (Wildman–Crippen LogP) is 15.9. The summed E-state index contributed by atoms with van der Waals surface area (Å²) in [5.74, 6) is 0. The van der Waals surface area contributed by atoms with Crippen LogP contribution in [0.25, 0.3) is 76.2 Å². The zero-order chi connectivity index (χ0) is 47.0. The molecule has 7 aromatic carbocycles. The highest BCUT2D eigenvalue weighted by molar-refractivity contribution is 8.01. The zero-order valence-electron chi connectivity index (χ0n) is 42.0. The lowest BCUT2D eigenvalue weighted by atomic mass is 9.36. The van der Waals surface area contributed by atoms with Gasteiger partial charge in [0.05, 0.1) is 33.1 Å². The third-order valence-electron chi connectivity index (χ3n) is 15.8. The van der Waals surface area contributed by atoms with E-state index in [-0.39, 0.29) is 33.8 Å². The summed E-state index contributed by atoms with van der Waals surface area (Å²) in [7, 11) is 0. The molecule has 0 saturated carbocycles. The Morgan fingerprint density at radius 1 is 0.313 bits per heavy atom. The molecule has 2 aliphatic rings. The van der Waals surface area contributed by atoms with Gasteiger partial charge in [-0.2, -0.15) is 0 Å². The van der Waals surface area contributed by atoms with E-state index in [0.29, 0.717) is 0 Å². The van der Waals surface area contributed by atoms with Gasteiger partial charge in [-0.05, 0) is 133 Å². The third kappa shape index (κ3) is 5.80. The zero-order valence-corrected chi connectivity index (χ0v) is 43.7. The van der Waals surface area contributed by atoms with E-state index in [1.165, 1.54) is 140 Å². The van der Waals surface area contributed by atoms with Crippen molar-refractivity contribution in [3.05, 3.63) is 125 Å². The summed E-state index contributed by atoms with van der Waals surface area (Å²) in [6.45, 7) is 35.4. The van der Waals surface area contributed by atoms with Gasteiger partial charge in [-0.3, -0.25) is 0 Å². The molecule has 0 spiro atoms. The predicted molar refractivity (Wildman–Crippen MR) is 295 cm³/mol. The van der Waals surface area contributed by atoms with Crippen molar-refractivity contribution in [2.24, 2.45) is 0 Å². The van der Waals surface area contributed by atoms with Crippen LogP contribution in [0.1, 0.15) is 132 Å². The van der Waals surface area contributed by atoms with Gasteiger partial charge in [-0.1, -0.05) is 163 Å². The number of hydrogen-bond donors (Lipinski definition) is 0. The van der Waals surface area contributed by atoms with Crippen LogP contribution in [0.15, 0.2) is 117 Å². The van der Waals surface area contributed by atoms with Crippen molar-refractivity contribution in [1.82, 2.24) is 8.80 Å². The molecule has 0 atom stereocenters. The molecular formula is C62H61BN2S2. The molecule has 0 N–H and O–H groups in total. The first kappa shape index (κ1) is 42.0. The van der Waals surface area contributed by atoms with Gasteiger partial charge in [0.25, 0.3) is 0 Å². The summed E-state index contributed by atoms with van der Waals surface area (Å²) in [5.41, 5.74) is 19.4. The second-order valence-electron chi connectivity index (χ2n) is 25.6. The number of fused-ring (bicyclic) bond motifs is 16. The number of hydrogen-bond acceptors (Lipinski definition) is 2. The lowest BCUT2D eigenvalue weighted by Crippen LogP contribution is -2.58. The van der Waals surface area contributed by atoms with Gasteiger partial charge in [0.15, 0.2) is 0 Å². The Morgan fingerprint density at radius 3 is 0.970 bits per heavy atom. The van der Waals surface area contributed by atoms with E-state index in [2.05, 4.69) is 210 Å². The first-order valence-corrected chi connectivity index (χ1v) is 26.2. The molecular weight excluding hydrogens is 848 g/mol. The Balaban J connectivity index is 1.13. The smallest absolute Gasteiger partial charge is 0.247 e. The Kier molecular flexibility index (Phi) is 8.13. The maximum Gasteiger partial charge on any atom is 0.247 e. The highest BCUT2D eigenvalue weighted by atomic mass is 32.2. The third-order valence-corrected chi connectivity index (χ3v) is 18.1. The highest BCUT2D eigenvalue weighted by Crippen LogP contribution is 2.49. The van der Waals surface area contributed by atoms with Crippen molar-refractivity contribution >= 4 is 123 Å². The molecule has 4 aromatic heterocycles. The van der Waals surface area contributed by atoms with Crippen LogP contribution in [0, 0.1) is 0 Å². The molecule has 6 heterocycles. The molecule has 0 aliphatic carbocycles. The largest absolute Gasteiger partial charge is 0.308 e. The fraction of sp³-hybridized carbons (Fsp3) is 0.323. The molecule has 5 heteroatoms. The van der Waals surface area contributed by atoms with E-state index >= 15 is 0 Å². The number of aromatic nitrogens is 2. The van der Waals surface area contributed by atoms with Gasteiger partial charge in [0.2, 0.25) is 6.71 Å². The summed E-state index contributed by atoms with van der Waals surface area (Å²) >= 11 is 4.00. The fourth-order valence-electron chi connectivity index (χ4n) is 11.8. The van der Waals surface area contributed by atoms with E-state index < -0.39 is 0 Å². The minimum Gasteiger partial charge on any atom is -0.308 e. The van der Waals surface area contributed by atoms with Gasteiger partial charge in [0, 0.05) is 62.7 Å². The Morgan fingerprint density at radius 2 is 0.627 bits per heavy atom. The number of nitrogens with zero attached hydrogens (tertiary/aromatic N) is 2. The second kappa shape index (κ2) is 13.0. The average molecular weight is 909 g/mol. The van der Waals surface area contributed by atoms with Crippen LogP contribution in [0.3, 0.4) is 0 Å². The molecule has 67 heavy (non-hydrogen) atoms. The van der Waals surface area contributed by atoms with E-state index in [4.69, 9.17) is 0 Å². The Labute approximate surface area is 404 Å². The molecule has 0 saturated heterocycles. The Bertz CT molecular complexity index is 3740. The van der Waals surface area contributed by atoms with Crippen LogP contribution >= 0.6 is 23.5 Å². The van der Waals surface area contributed by atoms with E-state index in [0.717, 1.165) is 0 Å². The molecule has 0 radical (unpaired) electrons. The highest BCUT2D eigenvalue weighted by Gasteiger charge is 2.41. The lowest BCUT2D eigenvalue weighted by molar-refractivity contribution is 0.587. The number of benzene rings is 7. The van der Waals surface area contributed by atoms with Crippen molar-refractivity contribution in [2.75, 3.05) is 0 Å². The molecule has 2 nitrogen and oxygen atoms in total. The van der Waals surface area contributed by atoms with Crippen LogP contribution in [0.2, 0.25) is 0 Å². The van der Waals surface area contributed by atoms with Crippen LogP contribution in [0.5, 0.6) is 0 Å². The van der Waals surface area contributed by atoms with Crippen molar-refractivity contribution in [2.45, 2.75) is 151 Å². The first-order chi connectivity index (χ1) is 31.3. The molecule has 0 bridgehead atoms. The average Bonchev–Trinajstić information content (AvgIpc) is 3.95. The molecule has 2 aliphatic heterocycles. The topological polar surface area (TPSA) is 8.82 Å². The maximum absolute atomic E-state index is 2.63. The molecule has 13 rings (SSSR count). The van der Waals surface area contributed by atoms with E-state index in [9.17, 15) is 0 Å². The molecule has 0 fully saturated rings.